The average Bonchev–Trinajstić information content (AvgIpc) is 3.39. The van der Waals surface area contributed by atoms with Gasteiger partial charge in [0.25, 0.3) is 0 Å². The first-order valence-corrected chi connectivity index (χ1v) is 11.9. The molecule has 32 heavy (non-hydrogen) atoms. The fraction of sp³-hybridized carbons (Fsp3) is 0.400. The summed E-state index contributed by atoms with van der Waals surface area (Å²) in [5.74, 6) is 0.372. The molecule has 1 saturated carbocycles. The van der Waals surface area contributed by atoms with Gasteiger partial charge >= 0.3 is 0 Å². The zero-order chi connectivity index (χ0) is 22.7. The molecule has 1 unspecified atom stereocenters. The summed E-state index contributed by atoms with van der Waals surface area (Å²) in [6.07, 6.45) is 4.30. The van der Waals surface area contributed by atoms with Gasteiger partial charge in [0.05, 0.1) is 18.5 Å². The molecular formula is C25H29N3O3S. The van der Waals surface area contributed by atoms with Crippen LogP contribution in [0.4, 0.5) is 11.4 Å². The molecule has 6 nitrogen and oxygen atoms in total. The molecule has 2 aromatic rings. The van der Waals surface area contributed by atoms with E-state index >= 15 is 0 Å². The number of carbonyl (C=O) groups is 2. The second kappa shape index (κ2) is 9.77. The van der Waals surface area contributed by atoms with Gasteiger partial charge in [-0.1, -0.05) is 48.9 Å². The lowest BCUT2D eigenvalue weighted by atomic mass is 10.1. The number of rotatable bonds is 6. The van der Waals surface area contributed by atoms with Crippen LogP contribution >= 0.6 is 11.8 Å². The Morgan fingerprint density at radius 3 is 2.69 bits per heavy atom. The zero-order valence-electron chi connectivity index (χ0n) is 18.8. The van der Waals surface area contributed by atoms with Gasteiger partial charge in [-0.2, -0.15) is 0 Å². The van der Waals surface area contributed by atoms with E-state index in [0.717, 1.165) is 42.5 Å². The lowest BCUT2D eigenvalue weighted by molar-refractivity contribution is -0.129. The molecule has 0 aromatic heterocycles. The van der Waals surface area contributed by atoms with Crippen molar-refractivity contribution in [1.82, 2.24) is 4.90 Å². The Hall–Kier alpha value is -2.80. The largest absolute Gasteiger partial charge is 0.495 e. The van der Waals surface area contributed by atoms with Crippen molar-refractivity contribution in [2.45, 2.75) is 57.2 Å². The minimum absolute atomic E-state index is 0.0128. The molecule has 4 rings (SSSR count). The monoisotopic (exact) mass is 451 g/mol. The molecular weight excluding hydrogens is 422 g/mol. The Kier molecular flexibility index (Phi) is 6.84. The minimum atomic E-state index is -0.478. The van der Waals surface area contributed by atoms with Crippen molar-refractivity contribution in [2.24, 2.45) is 4.99 Å². The number of anilines is 1. The number of amidine groups is 1. The molecule has 1 atom stereocenters. The van der Waals surface area contributed by atoms with E-state index in [0.29, 0.717) is 16.6 Å². The van der Waals surface area contributed by atoms with Gasteiger partial charge in [-0.15, -0.1) is 0 Å². The highest BCUT2D eigenvalue weighted by Crippen LogP contribution is 2.38. The Bertz CT molecular complexity index is 1050. The van der Waals surface area contributed by atoms with Crippen molar-refractivity contribution in [2.75, 3.05) is 12.4 Å². The number of carbonyl (C=O) groups excluding carboxylic acids is 2. The lowest BCUT2D eigenvalue weighted by Gasteiger charge is -2.23. The molecule has 1 aliphatic carbocycles. The molecule has 2 aromatic carbocycles. The molecule has 0 bridgehead atoms. The van der Waals surface area contributed by atoms with Crippen LogP contribution in [0.3, 0.4) is 0 Å². The Morgan fingerprint density at radius 2 is 1.94 bits per heavy atom. The van der Waals surface area contributed by atoms with Crippen molar-refractivity contribution in [3.05, 3.63) is 53.6 Å². The number of ether oxygens (including phenoxy) is 1. The van der Waals surface area contributed by atoms with Crippen LogP contribution in [0.5, 0.6) is 5.75 Å². The number of nitrogens with zero attached hydrogens (tertiary/aromatic N) is 2. The predicted octanol–water partition coefficient (Wildman–Crippen LogP) is 5.21. The van der Waals surface area contributed by atoms with E-state index in [9.17, 15) is 9.59 Å². The van der Waals surface area contributed by atoms with Crippen LogP contribution in [0, 0.1) is 13.8 Å². The average molecular weight is 452 g/mol. The third-order valence-corrected chi connectivity index (χ3v) is 7.14. The van der Waals surface area contributed by atoms with Gasteiger partial charge in [0.2, 0.25) is 11.8 Å². The Balaban J connectivity index is 1.56. The molecule has 0 spiro atoms. The summed E-state index contributed by atoms with van der Waals surface area (Å²) in [7, 11) is 1.57. The van der Waals surface area contributed by atoms with Crippen molar-refractivity contribution in [3.63, 3.8) is 0 Å². The van der Waals surface area contributed by atoms with E-state index in [-0.39, 0.29) is 24.3 Å². The maximum atomic E-state index is 13.4. The van der Waals surface area contributed by atoms with E-state index in [1.54, 1.807) is 19.2 Å². The van der Waals surface area contributed by atoms with E-state index in [1.165, 1.54) is 11.8 Å². The van der Waals surface area contributed by atoms with E-state index in [4.69, 9.17) is 9.73 Å². The molecule has 1 aliphatic heterocycles. The van der Waals surface area contributed by atoms with Gasteiger partial charge in [-0.05, 0) is 56.0 Å². The number of thioether (sulfide) groups is 1. The number of benzene rings is 2. The van der Waals surface area contributed by atoms with Gasteiger partial charge in [0, 0.05) is 12.5 Å². The normalized spacial score (nSPS) is 20.2. The highest BCUT2D eigenvalue weighted by Gasteiger charge is 2.43. The van der Waals surface area contributed by atoms with Crippen molar-refractivity contribution < 1.29 is 14.3 Å². The first-order valence-electron chi connectivity index (χ1n) is 11.0. The van der Waals surface area contributed by atoms with Gasteiger partial charge in [0.15, 0.2) is 5.17 Å². The predicted molar refractivity (Wildman–Crippen MR) is 130 cm³/mol. The summed E-state index contributed by atoms with van der Waals surface area (Å²) in [5, 5.41) is 3.12. The standard InChI is InChI=1S/C25H29N3O3S/c1-16-12-13-17(2)20(14-16)27-25-28(18-8-4-5-9-18)24(30)22(32-25)15-23(29)26-19-10-6-7-11-21(19)31-3/h6-7,10-14,18,22H,4-5,8-9,15H2,1-3H3,(H,26,29). The van der Waals surface area contributed by atoms with Crippen molar-refractivity contribution in [1.29, 1.82) is 0 Å². The highest BCUT2D eigenvalue weighted by molar-refractivity contribution is 8.15. The number of para-hydroxylation sites is 2. The fourth-order valence-corrected chi connectivity index (χ4v) is 5.46. The molecule has 1 saturated heterocycles. The van der Waals surface area contributed by atoms with Gasteiger partial charge in [-0.25, -0.2) is 4.99 Å². The number of aliphatic imine (C=N–C) groups is 1. The van der Waals surface area contributed by atoms with E-state index in [1.807, 2.05) is 43.0 Å². The number of hydrogen-bond donors (Lipinski definition) is 1. The van der Waals surface area contributed by atoms with Gasteiger partial charge in [0.1, 0.15) is 11.0 Å². The van der Waals surface area contributed by atoms with Gasteiger partial charge < -0.3 is 10.1 Å². The number of nitrogens with one attached hydrogen (secondary N) is 1. The molecule has 2 aliphatic rings. The Labute approximate surface area is 193 Å². The van der Waals surface area contributed by atoms with E-state index < -0.39 is 5.25 Å². The van der Waals surface area contributed by atoms with Crippen LogP contribution in [0.15, 0.2) is 47.5 Å². The van der Waals surface area contributed by atoms with Crippen molar-refractivity contribution in [3.8, 4) is 5.75 Å². The fourth-order valence-electron chi connectivity index (χ4n) is 4.25. The van der Waals surface area contributed by atoms with Crippen LogP contribution in [0.2, 0.25) is 0 Å². The number of methoxy groups -OCH3 is 1. The summed E-state index contributed by atoms with van der Waals surface area (Å²) in [5.41, 5.74) is 3.68. The molecule has 168 valence electrons. The molecule has 0 radical (unpaired) electrons. The first-order chi connectivity index (χ1) is 15.5. The topological polar surface area (TPSA) is 71.0 Å². The summed E-state index contributed by atoms with van der Waals surface area (Å²) in [6, 6.07) is 13.6. The van der Waals surface area contributed by atoms with Crippen LogP contribution < -0.4 is 10.1 Å². The van der Waals surface area contributed by atoms with Crippen LogP contribution in [0.1, 0.15) is 43.2 Å². The first kappa shape index (κ1) is 22.4. The number of hydrogen-bond acceptors (Lipinski definition) is 5. The molecule has 2 amide bonds. The second-order valence-electron chi connectivity index (χ2n) is 8.39. The number of amides is 2. The zero-order valence-corrected chi connectivity index (χ0v) is 19.6. The van der Waals surface area contributed by atoms with E-state index in [2.05, 4.69) is 11.4 Å². The molecule has 7 heteroatoms. The summed E-state index contributed by atoms with van der Waals surface area (Å²) >= 11 is 1.41. The maximum absolute atomic E-state index is 13.4. The maximum Gasteiger partial charge on any atom is 0.242 e. The van der Waals surface area contributed by atoms with Crippen LogP contribution in [-0.4, -0.2) is 40.3 Å². The summed E-state index contributed by atoms with van der Waals surface area (Å²) in [4.78, 5) is 32.9. The van der Waals surface area contributed by atoms with Crippen molar-refractivity contribution >= 4 is 40.1 Å². The Morgan fingerprint density at radius 1 is 1.19 bits per heavy atom. The third kappa shape index (κ3) is 4.83. The smallest absolute Gasteiger partial charge is 0.242 e. The minimum Gasteiger partial charge on any atom is -0.495 e. The second-order valence-corrected chi connectivity index (χ2v) is 9.56. The number of aryl methyl sites for hydroxylation is 2. The summed E-state index contributed by atoms with van der Waals surface area (Å²) in [6.45, 7) is 4.06. The summed E-state index contributed by atoms with van der Waals surface area (Å²) < 4.78 is 5.31. The quantitative estimate of drug-likeness (QED) is 0.654. The van der Waals surface area contributed by atoms with Gasteiger partial charge in [-0.3, -0.25) is 14.5 Å². The lowest BCUT2D eigenvalue weighted by Crippen LogP contribution is -2.40. The molecule has 1 heterocycles. The van der Waals surface area contributed by atoms with Crippen LogP contribution in [-0.2, 0) is 9.59 Å². The molecule has 1 N–H and O–H groups in total. The molecule has 2 fully saturated rings. The van der Waals surface area contributed by atoms with Crippen LogP contribution in [0.25, 0.3) is 0 Å². The third-order valence-electron chi connectivity index (χ3n) is 5.99. The SMILES string of the molecule is COc1ccccc1NC(=O)CC1SC(=Nc2cc(C)ccc2C)N(C2CCCC2)C1=O. The highest BCUT2D eigenvalue weighted by atomic mass is 32.2.